The van der Waals surface area contributed by atoms with E-state index in [9.17, 15) is 23.5 Å². The molecule has 30 heavy (non-hydrogen) atoms. The lowest BCUT2D eigenvalue weighted by atomic mass is 9.99. The number of alkyl halides is 3. The smallest absolute Gasteiger partial charge is 0.345 e. The van der Waals surface area contributed by atoms with Gasteiger partial charge in [0, 0.05) is 17.8 Å². The van der Waals surface area contributed by atoms with Crippen molar-refractivity contribution in [3.63, 3.8) is 0 Å². The van der Waals surface area contributed by atoms with Gasteiger partial charge in [-0.25, -0.2) is 8.96 Å². The van der Waals surface area contributed by atoms with Crippen LogP contribution in [0.15, 0.2) is 42.6 Å². The Hall–Kier alpha value is -1.58. The molecule has 0 bridgehead atoms. The van der Waals surface area contributed by atoms with Crippen molar-refractivity contribution in [1.29, 1.82) is 0 Å². The molecule has 0 aliphatic heterocycles. The van der Waals surface area contributed by atoms with Gasteiger partial charge in [-0.2, -0.15) is 0 Å². The van der Waals surface area contributed by atoms with Crippen molar-refractivity contribution in [3.05, 3.63) is 53.9 Å². The number of phosphoric acid groups is 1. The Kier molecular flexibility index (Phi) is 8.75. The van der Waals surface area contributed by atoms with Crippen molar-refractivity contribution in [2.45, 2.75) is 29.9 Å². The number of halogens is 3. The molecule has 1 aromatic carbocycles. The number of nitrogens with two attached hydrogens (primary N) is 1. The molecule has 12 heteroatoms. The van der Waals surface area contributed by atoms with Gasteiger partial charge in [0.2, 0.25) is 0 Å². The maximum Gasteiger partial charge on any atom is 0.470 e. The molecule has 0 fully saturated rings. The normalized spacial score (nSPS) is 14.9. The first-order valence-corrected chi connectivity index (χ1v) is 11.1. The molecule has 2 aromatic rings. The fourth-order valence-electron chi connectivity index (χ4n) is 2.67. The summed E-state index contributed by atoms with van der Waals surface area (Å²) in [6.07, 6.45) is 0.155. The number of rotatable bonds is 9. The van der Waals surface area contributed by atoms with Crippen LogP contribution in [0.5, 0.6) is 0 Å². The van der Waals surface area contributed by atoms with E-state index >= 15 is 0 Å². The van der Waals surface area contributed by atoms with Gasteiger partial charge in [-0.3, -0.25) is 14.3 Å². The molecule has 0 aliphatic rings. The van der Waals surface area contributed by atoms with Crippen molar-refractivity contribution in [3.8, 4) is 11.1 Å². The third kappa shape index (κ3) is 6.99. The molecule has 2 rings (SSSR count). The van der Waals surface area contributed by atoms with Crippen molar-refractivity contribution >= 4 is 36.9 Å². The Labute approximate surface area is 182 Å². The third-order valence-corrected chi connectivity index (χ3v) is 5.03. The molecule has 1 heterocycles. The summed E-state index contributed by atoms with van der Waals surface area (Å²) in [5.41, 5.74) is 8.27. The summed E-state index contributed by atoms with van der Waals surface area (Å²) in [5, 5.41) is 2.18. The minimum Gasteiger partial charge on any atom is -0.345 e. The molecule has 1 aromatic heterocycles. The summed E-state index contributed by atoms with van der Waals surface area (Å²) in [6, 6.07) is 8.29. The van der Waals surface area contributed by atoms with Gasteiger partial charge in [-0.1, -0.05) is 53.5 Å². The standard InChI is InChI=1S/C18H21Cl2FN3O5P/c1-10(22)14-7-6-13(9-23-14)11-2-4-12(5-3-11)16(29-30(26,27)28)15(8-21)24-18(25)17(19)20/h2-7,9-10,15-17H,8,22H2,1H3,(H,24,25)(H2,26,27,28). The van der Waals surface area contributed by atoms with Crippen LogP contribution in [0.4, 0.5) is 4.39 Å². The molecule has 8 nitrogen and oxygen atoms in total. The zero-order valence-corrected chi connectivity index (χ0v) is 18.2. The monoisotopic (exact) mass is 479 g/mol. The van der Waals surface area contributed by atoms with Gasteiger partial charge in [-0.15, -0.1) is 0 Å². The number of phosphoric ester groups is 1. The average Bonchev–Trinajstić information content (AvgIpc) is 2.69. The summed E-state index contributed by atoms with van der Waals surface area (Å²) >= 11 is 10.9. The van der Waals surface area contributed by atoms with Gasteiger partial charge in [0.1, 0.15) is 12.8 Å². The van der Waals surface area contributed by atoms with E-state index in [0.29, 0.717) is 0 Å². The topological polar surface area (TPSA) is 135 Å². The lowest BCUT2D eigenvalue weighted by Gasteiger charge is -2.27. The highest BCUT2D eigenvalue weighted by molar-refractivity contribution is 7.46. The second-order valence-electron chi connectivity index (χ2n) is 6.47. The third-order valence-electron chi connectivity index (χ3n) is 4.13. The molecule has 0 radical (unpaired) electrons. The molecule has 164 valence electrons. The number of nitrogens with one attached hydrogen (secondary N) is 1. The van der Waals surface area contributed by atoms with Crippen LogP contribution in [0.25, 0.3) is 11.1 Å². The first-order chi connectivity index (χ1) is 14.0. The van der Waals surface area contributed by atoms with Crippen LogP contribution >= 0.6 is 31.0 Å². The van der Waals surface area contributed by atoms with Crippen molar-refractivity contribution in [2.24, 2.45) is 5.73 Å². The molecule has 5 N–H and O–H groups in total. The maximum atomic E-state index is 13.6. The Morgan fingerprint density at radius 3 is 2.27 bits per heavy atom. The molecule has 3 atom stereocenters. The van der Waals surface area contributed by atoms with E-state index in [1.807, 2.05) is 13.0 Å². The minimum atomic E-state index is -5.01. The SMILES string of the molecule is CC(N)c1ccc(-c2ccc(C(OP(=O)(O)O)C(CF)NC(=O)C(Cl)Cl)cc2)cn1. The molecule has 1 amide bonds. The zero-order chi connectivity index (χ0) is 22.5. The van der Waals surface area contributed by atoms with E-state index in [2.05, 4.69) is 10.3 Å². The first kappa shape index (κ1) is 24.7. The lowest BCUT2D eigenvalue weighted by molar-refractivity contribution is -0.121. The average molecular weight is 480 g/mol. The second kappa shape index (κ2) is 10.6. The number of hydrogen-bond donors (Lipinski definition) is 4. The first-order valence-electron chi connectivity index (χ1n) is 8.72. The second-order valence-corrected chi connectivity index (χ2v) is 8.76. The Morgan fingerprint density at radius 1 is 1.23 bits per heavy atom. The zero-order valence-electron chi connectivity index (χ0n) is 15.8. The van der Waals surface area contributed by atoms with Gasteiger partial charge in [-0.05, 0) is 24.1 Å². The molecule has 0 saturated heterocycles. The maximum absolute atomic E-state index is 13.6. The number of carbonyl (C=O) groups excluding carboxylic acids is 1. The molecule has 0 aliphatic carbocycles. The summed E-state index contributed by atoms with van der Waals surface area (Å²) in [5.74, 6) is -0.919. The number of benzene rings is 1. The van der Waals surface area contributed by atoms with Crippen molar-refractivity contribution < 1.29 is 28.1 Å². The lowest BCUT2D eigenvalue weighted by Crippen LogP contribution is -2.43. The van der Waals surface area contributed by atoms with Crippen LogP contribution in [0.1, 0.15) is 30.3 Å². The number of aromatic nitrogens is 1. The molecule has 3 unspecified atom stereocenters. The summed E-state index contributed by atoms with van der Waals surface area (Å²) in [7, 11) is -5.01. The molecular weight excluding hydrogens is 459 g/mol. The van der Waals surface area contributed by atoms with E-state index in [4.69, 9.17) is 33.5 Å². The van der Waals surface area contributed by atoms with Crippen LogP contribution in [0, 0.1) is 0 Å². The summed E-state index contributed by atoms with van der Waals surface area (Å²) in [6.45, 7) is 0.635. The van der Waals surface area contributed by atoms with Crippen LogP contribution < -0.4 is 11.1 Å². The van der Waals surface area contributed by atoms with Gasteiger partial charge in [0.15, 0.2) is 4.84 Å². The Balaban J connectivity index is 2.31. The number of nitrogens with zero attached hydrogens (tertiary/aromatic N) is 1. The highest BCUT2D eigenvalue weighted by atomic mass is 35.5. The number of amides is 1. The summed E-state index contributed by atoms with van der Waals surface area (Å²) < 4.78 is 29.7. The number of carbonyl (C=O) groups is 1. The van der Waals surface area contributed by atoms with E-state index < -0.39 is 37.4 Å². The van der Waals surface area contributed by atoms with Crippen molar-refractivity contribution in [2.75, 3.05) is 6.67 Å². The predicted molar refractivity (Wildman–Crippen MR) is 112 cm³/mol. The minimum absolute atomic E-state index is 0.208. The molecule has 0 spiro atoms. The van der Waals surface area contributed by atoms with Gasteiger partial charge >= 0.3 is 7.82 Å². The Morgan fingerprint density at radius 2 is 1.83 bits per heavy atom. The number of hydrogen-bond acceptors (Lipinski definition) is 5. The fraction of sp³-hybridized carbons (Fsp3) is 0.333. The van der Waals surface area contributed by atoms with Crippen LogP contribution in [0.3, 0.4) is 0 Å². The van der Waals surface area contributed by atoms with E-state index in [0.717, 1.165) is 16.8 Å². The van der Waals surface area contributed by atoms with Crippen LogP contribution in [-0.2, 0) is 13.9 Å². The predicted octanol–water partition coefficient (Wildman–Crippen LogP) is 3.18. The quantitative estimate of drug-likeness (QED) is 0.320. The summed E-state index contributed by atoms with van der Waals surface area (Å²) in [4.78, 5) is 33.0. The largest absolute Gasteiger partial charge is 0.470 e. The highest BCUT2D eigenvalue weighted by Crippen LogP contribution is 2.44. The van der Waals surface area contributed by atoms with Gasteiger partial charge in [0.05, 0.1) is 11.7 Å². The Bertz CT molecular complexity index is 894. The van der Waals surface area contributed by atoms with Crippen LogP contribution in [-0.4, -0.2) is 38.2 Å². The van der Waals surface area contributed by atoms with Crippen molar-refractivity contribution in [1.82, 2.24) is 10.3 Å². The number of pyridine rings is 1. The van der Waals surface area contributed by atoms with E-state index in [1.54, 1.807) is 24.4 Å². The highest BCUT2D eigenvalue weighted by Gasteiger charge is 2.33. The van der Waals surface area contributed by atoms with Gasteiger partial charge in [0.25, 0.3) is 5.91 Å². The van der Waals surface area contributed by atoms with Gasteiger partial charge < -0.3 is 20.8 Å². The van der Waals surface area contributed by atoms with E-state index in [1.165, 1.54) is 12.1 Å². The van der Waals surface area contributed by atoms with E-state index in [-0.39, 0.29) is 11.6 Å². The molecular formula is C18H21Cl2FN3O5P. The fourth-order valence-corrected chi connectivity index (χ4v) is 3.36. The molecule has 0 saturated carbocycles. The van der Waals surface area contributed by atoms with Crippen LogP contribution in [0.2, 0.25) is 0 Å².